The summed E-state index contributed by atoms with van der Waals surface area (Å²) in [6.45, 7) is -0.112. The lowest BCUT2D eigenvalue weighted by molar-refractivity contribution is -0.118. The number of carbonyl (C=O) groups is 1. The van der Waals surface area contributed by atoms with E-state index in [1.54, 1.807) is 24.3 Å². The molecule has 0 unspecified atom stereocenters. The normalized spacial score (nSPS) is 9.95. The smallest absolute Gasteiger partial charge is 0.262 e. The molecule has 0 spiro atoms. The van der Waals surface area contributed by atoms with Gasteiger partial charge in [-0.2, -0.15) is 0 Å². The Kier molecular flexibility index (Phi) is 4.41. The predicted molar refractivity (Wildman–Crippen MR) is 76.4 cm³/mol. The number of phenolic OH excluding ortho intramolecular Hbond substituents is 1. The SMILES string of the molecule is O=C(COc1cccc(O)c1)Nc1ccc(Br)cc1. The molecule has 2 N–H and O–H groups in total. The number of nitrogens with one attached hydrogen (secondary N) is 1. The maximum Gasteiger partial charge on any atom is 0.262 e. The highest BCUT2D eigenvalue weighted by molar-refractivity contribution is 9.10. The molecule has 0 atom stereocenters. The second kappa shape index (κ2) is 6.24. The maximum atomic E-state index is 11.6. The van der Waals surface area contributed by atoms with Crippen LogP contribution in [0.5, 0.6) is 11.5 Å². The molecule has 0 saturated carbocycles. The summed E-state index contributed by atoms with van der Waals surface area (Å²) in [6, 6.07) is 13.6. The van der Waals surface area contributed by atoms with Crippen molar-refractivity contribution < 1.29 is 14.6 Å². The first kappa shape index (κ1) is 13.4. The molecule has 0 aliphatic carbocycles. The minimum absolute atomic E-state index is 0.103. The molecule has 19 heavy (non-hydrogen) atoms. The van der Waals surface area contributed by atoms with Crippen LogP contribution in [-0.2, 0) is 4.79 Å². The number of rotatable bonds is 4. The van der Waals surface area contributed by atoms with E-state index < -0.39 is 0 Å². The largest absolute Gasteiger partial charge is 0.508 e. The summed E-state index contributed by atoms with van der Waals surface area (Å²) in [5, 5.41) is 12.0. The van der Waals surface area contributed by atoms with Gasteiger partial charge in [0, 0.05) is 16.2 Å². The molecule has 0 saturated heterocycles. The first-order valence-corrected chi connectivity index (χ1v) is 6.40. The molecule has 1 amide bonds. The van der Waals surface area contributed by atoms with E-state index in [-0.39, 0.29) is 18.3 Å². The molecule has 0 aromatic heterocycles. The highest BCUT2D eigenvalue weighted by atomic mass is 79.9. The molecule has 0 bridgehead atoms. The molecule has 0 heterocycles. The predicted octanol–water partition coefficient (Wildman–Crippen LogP) is 3.17. The van der Waals surface area contributed by atoms with Gasteiger partial charge in [0.05, 0.1) is 0 Å². The monoisotopic (exact) mass is 321 g/mol. The Labute approximate surface area is 119 Å². The zero-order chi connectivity index (χ0) is 13.7. The molecular weight excluding hydrogens is 310 g/mol. The van der Waals surface area contributed by atoms with Crippen LogP contribution in [0.15, 0.2) is 53.0 Å². The van der Waals surface area contributed by atoms with Crippen molar-refractivity contribution in [2.45, 2.75) is 0 Å². The summed E-state index contributed by atoms with van der Waals surface area (Å²) in [4.78, 5) is 11.6. The lowest BCUT2D eigenvalue weighted by atomic mass is 10.3. The van der Waals surface area contributed by atoms with Gasteiger partial charge < -0.3 is 15.2 Å². The Balaban J connectivity index is 1.86. The van der Waals surface area contributed by atoms with Gasteiger partial charge in [-0.25, -0.2) is 0 Å². The lowest BCUT2D eigenvalue weighted by Gasteiger charge is -2.07. The number of hydrogen-bond acceptors (Lipinski definition) is 3. The zero-order valence-corrected chi connectivity index (χ0v) is 11.6. The minimum atomic E-state index is -0.259. The van der Waals surface area contributed by atoms with Crippen molar-refractivity contribution in [3.8, 4) is 11.5 Å². The van der Waals surface area contributed by atoms with Crippen LogP contribution >= 0.6 is 15.9 Å². The molecule has 0 radical (unpaired) electrons. The van der Waals surface area contributed by atoms with E-state index in [0.717, 1.165) is 4.47 Å². The summed E-state index contributed by atoms with van der Waals surface area (Å²) < 4.78 is 6.21. The van der Waals surface area contributed by atoms with Gasteiger partial charge in [-0.1, -0.05) is 22.0 Å². The van der Waals surface area contributed by atoms with Gasteiger partial charge in [-0.05, 0) is 36.4 Å². The number of hydrogen-bond donors (Lipinski definition) is 2. The van der Waals surface area contributed by atoms with E-state index in [9.17, 15) is 9.90 Å². The first-order valence-electron chi connectivity index (χ1n) is 5.61. The van der Waals surface area contributed by atoms with Crippen LogP contribution in [0.4, 0.5) is 5.69 Å². The Bertz CT molecular complexity index is 569. The number of aromatic hydroxyl groups is 1. The number of halogens is 1. The van der Waals surface area contributed by atoms with Crippen LogP contribution in [0.25, 0.3) is 0 Å². The first-order chi connectivity index (χ1) is 9.13. The Morgan fingerprint density at radius 2 is 1.95 bits per heavy atom. The van der Waals surface area contributed by atoms with Gasteiger partial charge in [0.15, 0.2) is 6.61 Å². The van der Waals surface area contributed by atoms with Gasteiger partial charge >= 0.3 is 0 Å². The van der Waals surface area contributed by atoms with Crippen molar-refractivity contribution in [3.05, 3.63) is 53.0 Å². The standard InChI is InChI=1S/C14H12BrNO3/c15-10-4-6-11(7-5-10)16-14(18)9-19-13-3-1-2-12(17)8-13/h1-8,17H,9H2,(H,16,18). The maximum absolute atomic E-state index is 11.6. The van der Waals surface area contributed by atoms with E-state index >= 15 is 0 Å². The van der Waals surface area contributed by atoms with E-state index in [2.05, 4.69) is 21.2 Å². The van der Waals surface area contributed by atoms with Crippen molar-refractivity contribution in [1.29, 1.82) is 0 Å². The Hall–Kier alpha value is -2.01. The third-order valence-corrected chi connectivity index (χ3v) is 2.84. The Morgan fingerprint density at radius 1 is 1.21 bits per heavy atom. The van der Waals surface area contributed by atoms with Crippen molar-refractivity contribution in [2.75, 3.05) is 11.9 Å². The van der Waals surface area contributed by atoms with E-state index in [0.29, 0.717) is 11.4 Å². The van der Waals surface area contributed by atoms with E-state index in [4.69, 9.17) is 4.74 Å². The summed E-state index contributed by atoms with van der Waals surface area (Å²) in [5.74, 6) is 0.294. The van der Waals surface area contributed by atoms with Gasteiger partial charge in [-0.15, -0.1) is 0 Å². The summed E-state index contributed by atoms with van der Waals surface area (Å²) in [5.41, 5.74) is 0.702. The number of phenols is 1. The molecule has 2 aromatic rings. The quantitative estimate of drug-likeness (QED) is 0.909. The van der Waals surface area contributed by atoms with Crippen LogP contribution in [-0.4, -0.2) is 17.6 Å². The highest BCUT2D eigenvalue weighted by Gasteiger charge is 2.04. The number of amides is 1. The Morgan fingerprint density at radius 3 is 2.63 bits per heavy atom. The molecule has 4 nitrogen and oxygen atoms in total. The third kappa shape index (κ3) is 4.30. The molecular formula is C14H12BrNO3. The number of carbonyl (C=O) groups excluding carboxylic acids is 1. The van der Waals surface area contributed by atoms with Crippen molar-refractivity contribution in [1.82, 2.24) is 0 Å². The molecule has 98 valence electrons. The van der Waals surface area contributed by atoms with Crippen molar-refractivity contribution in [2.24, 2.45) is 0 Å². The average molecular weight is 322 g/mol. The van der Waals surface area contributed by atoms with Crippen LogP contribution in [0, 0.1) is 0 Å². The summed E-state index contributed by atoms with van der Waals surface area (Å²) >= 11 is 3.32. The fourth-order valence-electron chi connectivity index (χ4n) is 1.45. The summed E-state index contributed by atoms with van der Waals surface area (Å²) in [6.07, 6.45) is 0. The van der Waals surface area contributed by atoms with Gasteiger partial charge in [-0.3, -0.25) is 4.79 Å². The minimum Gasteiger partial charge on any atom is -0.508 e. The van der Waals surface area contributed by atoms with Crippen LogP contribution in [0.3, 0.4) is 0 Å². The van der Waals surface area contributed by atoms with E-state index in [1.807, 2.05) is 12.1 Å². The number of anilines is 1. The van der Waals surface area contributed by atoms with Crippen molar-refractivity contribution >= 4 is 27.5 Å². The van der Waals surface area contributed by atoms with Crippen molar-refractivity contribution in [3.63, 3.8) is 0 Å². The molecule has 2 aromatic carbocycles. The zero-order valence-electron chi connectivity index (χ0n) is 9.97. The average Bonchev–Trinajstić information content (AvgIpc) is 2.39. The van der Waals surface area contributed by atoms with Crippen LogP contribution in [0.2, 0.25) is 0 Å². The van der Waals surface area contributed by atoms with Gasteiger partial charge in [0.1, 0.15) is 11.5 Å². The fourth-order valence-corrected chi connectivity index (χ4v) is 1.72. The summed E-state index contributed by atoms with van der Waals surface area (Å²) in [7, 11) is 0. The highest BCUT2D eigenvalue weighted by Crippen LogP contribution is 2.18. The lowest BCUT2D eigenvalue weighted by Crippen LogP contribution is -2.20. The number of benzene rings is 2. The molecule has 0 aliphatic heterocycles. The van der Waals surface area contributed by atoms with Crippen LogP contribution in [0.1, 0.15) is 0 Å². The second-order valence-corrected chi connectivity index (χ2v) is 4.76. The third-order valence-electron chi connectivity index (χ3n) is 2.32. The number of ether oxygens (including phenoxy) is 1. The van der Waals surface area contributed by atoms with Gasteiger partial charge in [0.25, 0.3) is 5.91 Å². The molecule has 0 aliphatic rings. The second-order valence-electron chi connectivity index (χ2n) is 3.84. The van der Waals surface area contributed by atoms with Gasteiger partial charge in [0.2, 0.25) is 0 Å². The fraction of sp³-hybridized carbons (Fsp3) is 0.0714. The molecule has 5 heteroatoms. The molecule has 0 fully saturated rings. The van der Waals surface area contributed by atoms with E-state index in [1.165, 1.54) is 12.1 Å². The molecule has 2 rings (SSSR count). The topological polar surface area (TPSA) is 58.6 Å². The van der Waals surface area contributed by atoms with Crippen LogP contribution < -0.4 is 10.1 Å².